The Kier molecular flexibility index (Phi) is 6.19. The van der Waals surface area contributed by atoms with Crippen LogP contribution in [0.1, 0.15) is 46.1 Å². The maximum Gasteiger partial charge on any atom is 0.0280 e. The fourth-order valence-corrected chi connectivity index (χ4v) is 2.29. The highest BCUT2D eigenvalue weighted by Crippen LogP contribution is 2.29. The fourth-order valence-electron chi connectivity index (χ4n) is 1.93. The summed E-state index contributed by atoms with van der Waals surface area (Å²) in [5.74, 6) is 0. The van der Waals surface area contributed by atoms with Crippen molar-refractivity contribution in [1.82, 2.24) is 5.32 Å². The number of halogens is 1. The van der Waals surface area contributed by atoms with Crippen LogP contribution >= 0.6 is 22.6 Å². The molecule has 2 heteroatoms. The first kappa shape index (κ1) is 15.5. The van der Waals surface area contributed by atoms with Crippen molar-refractivity contribution in [2.24, 2.45) is 5.41 Å². The number of hydrogen-bond acceptors (Lipinski definition) is 1. The Morgan fingerprint density at radius 1 is 1.22 bits per heavy atom. The second kappa shape index (κ2) is 7.17. The Balaban J connectivity index is 2.57. The first-order valence-corrected chi connectivity index (χ1v) is 7.78. The molecular formula is C16H24IN. The summed E-state index contributed by atoms with van der Waals surface area (Å²) in [4.78, 5) is 0. The van der Waals surface area contributed by atoms with Gasteiger partial charge in [0.05, 0.1) is 0 Å². The predicted molar refractivity (Wildman–Crippen MR) is 89.5 cm³/mol. The lowest BCUT2D eigenvalue weighted by molar-refractivity contribution is 0.224. The molecule has 0 aromatic heterocycles. The molecular weight excluding hydrogens is 333 g/mol. The minimum atomic E-state index is 0.371. The Morgan fingerprint density at radius 2 is 1.78 bits per heavy atom. The molecule has 0 radical (unpaired) electrons. The number of benzene rings is 1. The highest BCUT2D eigenvalue weighted by atomic mass is 127. The van der Waals surface area contributed by atoms with Crippen LogP contribution in [-0.2, 0) is 0 Å². The van der Waals surface area contributed by atoms with E-state index in [9.17, 15) is 0 Å². The summed E-state index contributed by atoms with van der Waals surface area (Å²) < 4.78 is 1.27. The van der Waals surface area contributed by atoms with Crippen molar-refractivity contribution in [2.75, 3.05) is 0 Å². The van der Waals surface area contributed by atoms with E-state index in [-0.39, 0.29) is 0 Å². The van der Waals surface area contributed by atoms with Gasteiger partial charge in [0.1, 0.15) is 0 Å². The molecule has 0 spiro atoms. The summed E-state index contributed by atoms with van der Waals surface area (Å²) in [5.41, 5.74) is 1.61. The van der Waals surface area contributed by atoms with Crippen molar-refractivity contribution >= 4 is 28.7 Å². The number of hydrogen-bond donors (Lipinski definition) is 1. The number of nitrogens with one attached hydrogen (secondary N) is 1. The second-order valence-corrected chi connectivity index (χ2v) is 6.38. The van der Waals surface area contributed by atoms with Crippen LogP contribution in [0.15, 0.2) is 30.5 Å². The van der Waals surface area contributed by atoms with Crippen molar-refractivity contribution in [3.8, 4) is 0 Å². The van der Waals surface area contributed by atoms with E-state index in [4.69, 9.17) is 0 Å². The van der Waals surface area contributed by atoms with E-state index < -0.39 is 0 Å². The lowest BCUT2D eigenvalue weighted by Gasteiger charge is -2.34. The second-order valence-electron chi connectivity index (χ2n) is 5.13. The molecule has 0 aliphatic rings. The van der Waals surface area contributed by atoms with Gasteiger partial charge in [-0.1, -0.05) is 32.9 Å². The maximum absolute atomic E-state index is 3.51. The van der Waals surface area contributed by atoms with E-state index in [2.05, 4.69) is 92.1 Å². The molecule has 1 unspecified atom stereocenters. The molecule has 0 saturated carbocycles. The molecule has 1 N–H and O–H groups in total. The molecule has 0 heterocycles. The van der Waals surface area contributed by atoms with Gasteiger partial charge in [-0.05, 0) is 77.7 Å². The lowest BCUT2D eigenvalue weighted by Crippen LogP contribution is -2.38. The molecule has 0 aliphatic heterocycles. The molecule has 1 rings (SSSR count). The van der Waals surface area contributed by atoms with E-state index in [1.54, 1.807) is 0 Å². The molecule has 18 heavy (non-hydrogen) atoms. The van der Waals surface area contributed by atoms with Crippen LogP contribution in [-0.4, -0.2) is 6.04 Å². The normalized spacial score (nSPS) is 13.8. The largest absolute Gasteiger partial charge is 0.388 e. The monoisotopic (exact) mass is 357 g/mol. The standard InChI is InChI=1S/C16H24IN/c1-5-16(4,6-2)13(3)18-12-11-14-7-9-15(17)10-8-14/h7-13,18H,5-6H2,1-4H3. The molecule has 1 atom stereocenters. The summed E-state index contributed by atoms with van der Waals surface area (Å²) in [7, 11) is 0. The van der Waals surface area contributed by atoms with Crippen LogP contribution in [0.25, 0.3) is 6.08 Å². The fraction of sp³-hybridized carbons (Fsp3) is 0.500. The molecule has 0 saturated heterocycles. The Bertz CT molecular complexity index is 377. The highest BCUT2D eigenvalue weighted by Gasteiger charge is 2.26. The molecule has 0 bridgehead atoms. The van der Waals surface area contributed by atoms with Crippen LogP contribution in [0.5, 0.6) is 0 Å². The third-order valence-electron chi connectivity index (χ3n) is 4.15. The highest BCUT2D eigenvalue weighted by molar-refractivity contribution is 14.1. The van der Waals surface area contributed by atoms with Crippen molar-refractivity contribution in [3.63, 3.8) is 0 Å². The van der Waals surface area contributed by atoms with Gasteiger partial charge in [-0.2, -0.15) is 0 Å². The van der Waals surface area contributed by atoms with Crippen molar-refractivity contribution in [2.45, 2.75) is 46.6 Å². The van der Waals surface area contributed by atoms with Gasteiger partial charge in [0, 0.05) is 9.61 Å². The van der Waals surface area contributed by atoms with Crippen LogP contribution < -0.4 is 5.32 Å². The van der Waals surface area contributed by atoms with Crippen LogP contribution in [0.2, 0.25) is 0 Å². The summed E-state index contributed by atoms with van der Waals surface area (Å²) in [6.45, 7) is 9.16. The van der Waals surface area contributed by atoms with Crippen LogP contribution in [0, 0.1) is 8.99 Å². The van der Waals surface area contributed by atoms with Gasteiger partial charge in [0.25, 0.3) is 0 Å². The van der Waals surface area contributed by atoms with E-state index in [0.29, 0.717) is 11.5 Å². The van der Waals surface area contributed by atoms with E-state index in [0.717, 1.165) is 0 Å². The maximum atomic E-state index is 3.51. The minimum absolute atomic E-state index is 0.371. The quantitative estimate of drug-likeness (QED) is 0.702. The Labute approximate surface area is 125 Å². The summed E-state index contributed by atoms with van der Waals surface area (Å²) in [5, 5.41) is 3.51. The SMILES string of the molecule is CCC(C)(CC)C(C)NC=Cc1ccc(I)cc1. The van der Waals surface area contributed by atoms with Gasteiger partial charge in [-0.25, -0.2) is 0 Å². The molecule has 1 nitrogen and oxygen atoms in total. The Morgan fingerprint density at radius 3 is 2.28 bits per heavy atom. The van der Waals surface area contributed by atoms with Crippen LogP contribution in [0.4, 0.5) is 0 Å². The van der Waals surface area contributed by atoms with Gasteiger partial charge < -0.3 is 5.32 Å². The molecule has 0 aliphatic carbocycles. The lowest BCUT2D eigenvalue weighted by atomic mass is 9.78. The zero-order valence-electron chi connectivity index (χ0n) is 11.8. The first-order chi connectivity index (χ1) is 8.51. The minimum Gasteiger partial charge on any atom is -0.388 e. The van der Waals surface area contributed by atoms with Crippen molar-refractivity contribution < 1.29 is 0 Å². The third-order valence-corrected chi connectivity index (χ3v) is 4.87. The summed E-state index contributed by atoms with van der Waals surface area (Å²) >= 11 is 2.33. The zero-order chi connectivity index (χ0) is 13.6. The van der Waals surface area contributed by atoms with Gasteiger partial charge in [0.2, 0.25) is 0 Å². The van der Waals surface area contributed by atoms with Crippen LogP contribution in [0.3, 0.4) is 0 Å². The van der Waals surface area contributed by atoms with E-state index in [1.165, 1.54) is 22.0 Å². The average molecular weight is 357 g/mol. The van der Waals surface area contributed by atoms with Crippen molar-refractivity contribution in [1.29, 1.82) is 0 Å². The van der Waals surface area contributed by atoms with E-state index in [1.807, 2.05) is 0 Å². The third kappa shape index (κ3) is 4.30. The summed E-state index contributed by atoms with van der Waals surface area (Å²) in [6.07, 6.45) is 6.62. The molecule has 1 aromatic carbocycles. The Hall–Kier alpha value is -0.510. The topological polar surface area (TPSA) is 12.0 Å². The molecule has 0 fully saturated rings. The average Bonchev–Trinajstić information content (AvgIpc) is 2.40. The van der Waals surface area contributed by atoms with Gasteiger partial charge in [-0.3, -0.25) is 0 Å². The molecule has 100 valence electrons. The van der Waals surface area contributed by atoms with Gasteiger partial charge >= 0.3 is 0 Å². The van der Waals surface area contributed by atoms with E-state index >= 15 is 0 Å². The number of rotatable bonds is 6. The predicted octanol–water partition coefficient (Wildman–Crippen LogP) is 5.07. The van der Waals surface area contributed by atoms with Gasteiger partial charge in [0.15, 0.2) is 0 Å². The first-order valence-electron chi connectivity index (χ1n) is 6.70. The molecule has 0 amide bonds. The zero-order valence-corrected chi connectivity index (χ0v) is 14.0. The smallest absolute Gasteiger partial charge is 0.0280 e. The van der Waals surface area contributed by atoms with Gasteiger partial charge in [-0.15, -0.1) is 0 Å². The summed E-state index contributed by atoms with van der Waals surface area (Å²) in [6, 6.07) is 9.04. The van der Waals surface area contributed by atoms with Crippen molar-refractivity contribution in [3.05, 3.63) is 39.6 Å². The molecule has 1 aromatic rings.